The quantitative estimate of drug-likeness (QED) is 0.491. The number of carbonyl (C=O) groups excluding carboxylic acids is 1. The molecule has 0 atom stereocenters. The van der Waals surface area contributed by atoms with Crippen molar-refractivity contribution in [2.24, 2.45) is 0 Å². The Labute approximate surface area is 181 Å². The molecule has 31 heavy (non-hydrogen) atoms. The number of benzene rings is 2. The SMILES string of the molecule is COc1ccc(CC(=O)Nc2cc(-c3cn4cccc(C)c4n3)ccc2OC)cc1C. The number of ether oxygens (including phenoxy) is 2. The Morgan fingerprint density at radius 3 is 2.48 bits per heavy atom. The molecule has 0 aliphatic rings. The van der Waals surface area contributed by atoms with Crippen molar-refractivity contribution in [3.63, 3.8) is 0 Å². The Hall–Kier alpha value is -3.80. The number of imidazole rings is 1. The van der Waals surface area contributed by atoms with Gasteiger partial charge in [-0.05, 0) is 60.9 Å². The lowest BCUT2D eigenvalue weighted by atomic mass is 10.1. The first-order chi connectivity index (χ1) is 15.0. The van der Waals surface area contributed by atoms with E-state index in [0.29, 0.717) is 11.4 Å². The predicted molar refractivity (Wildman–Crippen MR) is 122 cm³/mol. The molecule has 0 aliphatic carbocycles. The summed E-state index contributed by atoms with van der Waals surface area (Å²) in [6.45, 7) is 4.00. The third kappa shape index (κ3) is 4.23. The van der Waals surface area contributed by atoms with Crippen molar-refractivity contribution in [3.05, 3.63) is 77.6 Å². The molecule has 6 heteroatoms. The minimum atomic E-state index is -0.120. The summed E-state index contributed by atoms with van der Waals surface area (Å²) in [7, 11) is 3.23. The maximum atomic E-state index is 12.7. The molecule has 4 rings (SSSR count). The lowest BCUT2D eigenvalue weighted by Crippen LogP contribution is -2.15. The first kappa shape index (κ1) is 20.5. The molecule has 0 bridgehead atoms. The van der Waals surface area contributed by atoms with Crippen molar-refractivity contribution in [1.29, 1.82) is 0 Å². The second-order valence-electron chi connectivity index (χ2n) is 7.49. The van der Waals surface area contributed by atoms with E-state index < -0.39 is 0 Å². The molecule has 2 aromatic heterocycles. The fraction of sp³-hybridized carbons (Fsp3) is 0.200. The maximum absolute atomic E-state index is 12.7. The third-order valence-electron chi connectivity index (χ3n) is 5.27. The van der Waals surface area contributed by atoms with Crippen LogP contribution in [-0.4, -0.2) is 29.5 Å². The molecule has 158 valence electrons. The van der Waals surface area contributed by atoms with Gasteiger partial charge in [-0.1, -0.05) is 18.2 Å². The number of anilines is 1. The Kier molecular flexibility index (Phi) is 5.62. The number of aromatic nitrogens is 2. The van der Waals surface area contributed by atoms with E-state index >= 15 is 0 Å². The zero-order chi connectivity index (χ0) is 22.0. The fourth-order valence-corrected chi connectivity index (χ4v) is 3.69. The highest BCUT2D eigenvalue weighted by Gasteiger charge is 2.13. The van der Waals surface area contributed by atoms with Crippen LogP contribution in [0.1, 0.15) is 16.7 Å². The minimum Gasteiger partial charge on any atom is -0.496 e. The summed E-state index contributed by atoms with van der Waals surface area (Å²) >= 11 is 0. The standard InChI is InChI=1S/C25H25N3O3/c1-16-6-5-11-28-15-21(27-25(16)28)19-8-10-23(31-4)20(14-19)26-24(29)13-18-7-9-22(30-3)17(2)12-18/h5-12,14-15H,13H2,1-4H3,(H,26,29). The van der Waals surface area contributed by atoms with E-state index in [-0.39, 0.29) is 12.3 Å². The average Bonchev–Trinajstić information content (AvgIpc) is 3.19. The zero-order valence-electron chi connectivity index (χ0n) is 18.1. The number of aryl methyl sites for hydroxylation is 2. The van der Waals surface area contributed by atoms with Gasteiger partial charge in [-0.3, -0.25) is 4.79 Å². The van der Waals surface area contributed by atoms with Gasteiger partial charge in [-0.25, -0.2) is 4.98 Å². The third-order valence-corrected chi connectivity index (χ3v) is 5.27. The number of pyridine rings is 1. The molecule has 0 spiro atoms. The number of rotatable bonds is 6. The molecule has 0 aliphatic heterocycles. The highest BCUT2D eigenvalue weighted by Crippen LogP contribution is 2.31. The maximum Gasteiger partial charge on any atom is 0.228 e. The first-order valence-corrected chi connectivity index (χ1v) is 10.0. The zero-order valence-corrected chi connectivity index (χ0v) is 18.1. The number of nitrogens with one attached hydrogen (secondary N) is 1. The van der Waals surface area contributed by atoms with E-state index in [4.69, 9.17) is 14.5 Å². The van der Waals surface area contributed by atoms with Gasteiger partial charge < -0.3 is 19.2 Å². The number of nitrogens with zero attached hydrogens (tertiary/aromatic N) is 2. The van der Waals surface area contributed by atoms with Crippen molar-refractivity contribution in [1.82, 2.24) is 9.38 Å². The smallest absolute Gasteiger partial charge is 0.228 e. The van der Waals surface area contributed by atoms with Gasteiger partial charge in [0.05, 0.1) is 32.0 Å². The van der Waals surface area contributed by atoms with Gasteiger partial charge in [0, 0.05) is 18.0 Å². The second kappa shape index (κ2) is 8.52. The highest BCUT2D eigenvalue weighted by atomic mass is 16.5. The van der Waals surface area contributed by atoms with E-state index in [2.05, 4.69) is 5.32 Å². The molecule has 0 fully saturated rings. The molecule has 1 amide bonds. The van der Waals surface area contributed by atoms with E-state index in [1.54, 1.807) is 14.2 Å². The van der Waals surface area contributed by atoms with Gasteiger partial charge in [-0.15, -0.1) is 0 Å². The number of hydrogen-bond acceptors (Lipinski definition) is 4. The molecule has 2 heterocycles. The molecule has 2 aromatic carbocycles. The van der Waals surface area contributed by atoms with Crippen LogP contribution in [0.2, 0.25) is 0 Å². The van der Waals surface area contributed by atoms with Crippen LogP contribution < -0.4 is 14.8 Å². The van der Waals surface area contributed by atoms with Crippen LogP contribution in [0.25, 0.3) is 16.9 Å². The van der Waals surface area contributed by atoms with E-state index in [1.165, 1.54) is 0 Å². The van der Waals surface area contributed by atoms with Gasteiger partial charge in [-0.2, -0.15) is 0 Å². The van der Waals surface area contributed by atoms with Crippen molar-refractivity contribution in [2.75, 3.05) is 19.5 Å². The second-order valence-corrected chi connectivity index (χ2v) is 7.49. The molecule has 0 saturated heterocycles. The van der Waals surface area contributed by atoms with Crippen molar-refractivity contribution in [2.45, 2.75) is 20.3 Å². The number of methoxy groups -OCH3 is 2. The Bertz CT molecular complexity index is 1260. The largest absolute Gasteiger partial charge is 0.496 e. The first-order valence-electron chi connectivity index (χ1n) is 10.0. The Balaban J connectivity index is 1.59. The summed E-state index contributed by atoms with van der Waals surface area (Å²) in [5.41, 5.74) is 6.28. The molecule has 0 saturated carbocycles. The summed E-state index contributed by atoms with van der Waals surface area (Å²) in [6.07, 6.45) is 4.21. The number of carbonyl (C=O) groups is 1. The van der Waals surface area contributed by atoms with Crippen LogP contribution in [-0.2, 0) is 11.2 Å². The van der Waals surface area contributed by atoms with Crippen molar-refractivity contribution >= 4 is 17.2 Å². The molecular formula is C25H25N3O3. The Morgan fingerprint density at radius 1 is 1.00 bits per heavy atom. The van der Waals surface area contributed by atoms with Gasteiger partial charge in [0.25, 0.3) is 0 Å². The average molecular weight is 415 g/mol. The van der Waals surface area contributed by atoms with Crippen LogP contribution in [0.5, 0.6) is 11.5 Å². The van der Waals surface area contributed by atoms with E-state index in [1.807, 2.05) is 79.2 Å². The molecule has 6 nitrogen and oxygen atoms in total. The van der Waals surface area contributed by atoms with Gasteiger partial charge in [0.15, 0.2) is 0 Å². The number of amides is 1. The van der Waals surface area contributed by atoms with E-state index in [9.17, 15) is 4.79 Å². The fourth-order valence-electron chi connectivity index (χ4n) is 3.69. The summed E-state index contributed by atoms with van der Waals surface area (Å²) in [5, 5.41) is 2.98. The lowest BCUT2D eigenvalue weighted by molar-refractivity contribution is -0.115. The van der Waals surface area contributed by atoms with Crippen LogP contribution >= 0.6 is 0 Å². The van der Waals surface area contributed by atoms with Crippen LogP contribution in [0.15, 0.2) is 60.9 Å². The highest BCUT2D eigenvalue weighted by molar-refractivity contribution is 5.94. The lowest BCUT2D eigenvalue weighted by Gasteiger charge is -2.12. The van der Waals surface area contributed by atoms with Crippen LogP contribution in [0, 0.1) is 13.8 Å². The van der Waals surface area contributed by atoms with E-state index in [0.717, 1.165) is 39.3 Å². The summed E-state index contributed by atoms with van der Waals surface area (Å²) in [4.78, 5) is 17.5. The molecule has 0 unspecified atom stereocenters. The molecule has 1 N–H and O–H groups in total. The van der Waals surface area contributed by atoms with Gasteiger partial charge in [0.2, 0.25) is 5.91 Å². The molecule has 0 radical (unpaired) electrons. The summed E-state index contributed by atoms with van der Waals surface area (Å²) in [6, 6.07) is 15.5. The van der Waals surface area contributed by atoms with Crippen LogP contribution in [0.3, 0.4) is 0 Å². The monoisotopic (exact) mass is 415 g/mol. The van der Waals surface area contributed by atoms with Crippen molar-refractivity contribution < 1.29 is 14.3 Å². The summed E-state index contributed by atoms with van der Waals surface area (Å²) in [5.74, 6) is 1.29. The molecular weight excluding hydrogens is 390 g/mol. The van der Waals surface area contributed by atoms with Gasteiger partial charge >= 0.3 is 0 Å². The number of hydrogen-bond donors (Lipinski definition) is 1. The summed E-state index contributed by atoms with van der Waals surface area (Å²) < 4.78 is 12.7. The normalized spacial score (nSPS) is 10.8. The van der Waals surface area contributed by atoms with Crippen molar-refractivity contribution in [3.8, 4) is 22.8 Å². The predicted octanol–water partition coefficient (Wildman–Crippen LogP) is 4.82. The van der Waals surface area contributed by atoms with Gasteiger partial charge in [0.1, 0.15) is 17.1 Å². The minimum absolute atomic E-state index is 0.120. The topological polar surface area (TPSA) is 64.9 Å². The molecule has 4 aromatic rings. The Morgan fingerprint density at radius 2 is 1.77 bits per heavy atom. The number of fused-ring (bicyclic) bond motifs is 1. The van der Waals surface area contributed by atoms with Crippen LogP contribution in [0.4, 0.5) is 5.69 Å².